The van der Waals surface area contributed by atoms with Crippen LogP contribution in [0.4, 0.5) is 0 Å². The van der Waals surface area contributed by atoms with Gasteiger partial charge < -0.3 is 9.67 Å². The largest absolute Gasteiger partial charge is 0.388 e. The predicted octanol–water partition coefficient (Wildman–Crippen LogP) is 1.33. The molecular formula is C12H12N4O. The van der Waals surface area contributed by atoms with E-state index in [0.29, 0.717) is 23.8 Å². The molecule has 0 atom stereocenters. The molecule has 0 unspecified atom stereocenters. The lowest BCUT2D eigenvalue weighted by atomic mass is 10.1. The summed E-state index contributed by atoms with van der Waals surface area (Å²) in [5.74, 6) is 1.26. The second-order valence-corrected chi connectivity index (χ2v) is 3.53. The minimum atomic E-state index is -0.128. The van der Waals surface area contributed by atoms with Crippen molar-refractivity contribution in [2.75, 3.05) is 0 Å². The van der Waals surface area contributed by atoms with E-state index < -0.39 is 0 Å². The van der Waals surface area contributed by atoms with Gasteiger partial charge in [-0.05, 0) is 31.2 Å². The average molecular weight is 228 g/mol. The molecule has 0 radical (unpaired) electrons. The summed E-state index contributed by atoms with van der Waals surface area (Å²) in [4.78, 5) is 0. The van der Waals surface area contributed by atoms with Crippen molar-refractivity contribution in [1.82, 2.24) is 14.8 Å². The van der Waals surface area contributed by atoms with Crippen molar-refractivity contribution in [1.29, 1.82) is 5.26 Å². The molecule has 0 bridgehead atoms. The normalized spacial score (nSPS) is 10.2. The molecule has 0 saturated carbocycles. The quantitative estimate of drug-likeness (QED) is 0.859. The number of hydrogen-bond donors (Lipinski definition) is 1. The van der Waals surface area contributed by atoms with Crippen LogP contribution in [0.3, 0.4) is 0 Å². The zero-order chi connectivity index (χ0) is 12.3. The summed E-state index contributed by atoms with van der Waals surface area (Å²) in [6.07, 6.45) is 0. The summed E-state index contributed by atoms with van der Waals surface area (Å²) in [5, 5.41) is 25.8. The van der Waals surface area contributed by atoms with Crippen LogP contribution in [0.1, 0.15) is 18.3 Å². The van der Waals surface area contributed by atoms with Gasteiger partial charge in [-0.2, -0.15) is 5.26 Å². The molecule has 1 aromatic heterocycles. The van der Waals surface area contributed by atoms with E-state index in [-0.39, 0.29) is 6.61 Å². The summed E-state index contributed by atoms with van der Waals surface area (Å²) < 4.78 is 1.85. The molecule has 0 aliphatic rings. The van der Waals surface area contributed by atoms with Gasteiger partial charge in [0.1, 0.15) is 6.61 Å². The van der Waals surface area contributed by atoms with Crippen molar-refractivity contribution < 1.29 is 5.11 Å². The van der Waals surface area contributed by atoms with Gasteiger partial charge in [0.25, 0.3) is 0 Å². The molecule has 0 amide bonds. The van der Waals surface area contributed by atoms with Gasteiger partial charge in [0.2, 0.25) is 0 Å². The van der Waals surface area contributed by atoms with E-state index >= 15 is 0 Å². The summed E-state index contributed by atoms with van der Waals surface area (Å²) in [5.41, 5.74) is 1.50. The average Bonchev–Trinajstić information content (AvgIpc) is 2.81. The van der Waals surface area contributed by atoms with Gasteiger partial charge in [-0.3, -0.25) is 0 Å². The van der Waals surface area contributed by atoms with Crippen molar-refractivity contribution in [3.63, 3.8) is 0 Å². The van der Waals surface area contributed by atoms with Gasteiger partial charge >= 0.3 is 0 Å². The number of nitrogens with zero attached hydrogens (tertiary/aromatic N) is 4. The van der Waals surface area contributed by atoms with E-state index in [1.54, 1.807) is 12.1 Å². The first-order valence-electron chi connectivity index (χ1n) is 5.33. The Labute approximate surface area is 99.0 Å². The molecule has 0 aliphatic carbocycles. The third kappa shape index (κ3) is 2.03. The first-order valence-corrected chi connectivity index (χ1v) is 5.33. The number of aliphatic hydroxyl groups is 1. The minimum Gasteiger partial charge on any atom is -0.388 e. The Hall–Kier alpha value is -2.19. The highest BCUT2D eigenvalue weighted by molar-refractivity contribution is 5.56. The molecule has 1 heterocycles. The maximum atomic E-state index is 9.13. The molecule has 0 saturated heterocycles. The molecule has 86 valence electrons. The Bertz CT molecular complexity index is 551. The summed E-state index contributed by atoms with van der Waals surface area (Å²) >= 11 is 0. The molecule has 5 nitrogen and oxygen atoms in total. The number of aliphatic hydroxyl groups excluding tert-OH is 1. The zero-order valence-electron chi connectivity index (χ0n) is 9.46. The van der Waals surface area contributed by atoms with Crippen LogP contribution in [0.5, 0.6) is 0 Å². The Kier molecular flexibility index (Phi) is 3.17. The van der Waals surface area contributed by atoms with Crippen molar-refractivity contribution in [3.05, 3.63) is 35.7 Å². The van der Waals surface area contributed by atoms with Crippen LogP contribution < -0.4 is 0 Å². The third-order valence-electron chi connectivity index (χ3n) is 2.56. The second-order valence-electron chi connectivity index (χ2n) is 3.53. The van der Waals surface area contributed by atoms with Gasteiger partial charge in [-0.1, -0.05) is 0 Å². The molecule has 0 spiro atoms. The highest BCUT2D eigenvalue weighted by atomic mass is 16.3. The number of aromatic nitrogens is 3. The fraction of sp³-hybridized carbons (Fsp3) is 0.250. The summed E-state index contributed by atoms with van der Waals surface area (Å²) in [6.45, 7) is 2.53. The number of hydrogen-bond acceptors (Lipinski definition) is 4. The zero-order valence-corrected chi connectivity index (χ0v) is 9.46. The number of rotatable bonds is 3. The van der Waals surface area contributed by atoms with Crippen LogP contribution >= 0.6 is 0 Å². The van der Waals surface area contributed by atoms with Gasteiger partial charge in [0.05, 0.1) is 11.6 Å². The van der Waals surface area contributed by atoms with Crippen molar-refractivity contribution in [2.24, 2.45) is 0 Å². The van der Waals surface area contributed by atoms with E-state index in [1.807, 2.05) is 23.6 Å². The first-order chi connectivity index (χ1) is 8.30. The Balaban J connectivity index is 2.45. The Morgan fingerprint density at radius 3 is 2.53 bits per heavy atom. The maximum Gasteiger partial charge on any atom is 0.164 e. The molecule has 5 heteroatoms. The van der Waals surface area contributed by atoms with E-state index in [0.717, 1.165) is 5.56 Å². The standard InChI is InChI=1S/C12H12N4O/c1-2-16-11(8-17)14-15-12(16)10-5-3-9(7-13)4-6-10/h3-6,17H,2,8H2,1H3. The van der Waals surface area contributed by atoms with Crippen LogP contribution in [0, 0.1) is 11.3 Å². The Morgan fingerprint density at radius 1 is 1.29 bits per heavy atom. The Morgan fingerprint density at radius 2 is 2.00 bits per heavy atom. The van der Waals surface area contributed by atoms with Gasteiger partial charge in [-0.15, -0.1) is 10.2 Å². The fourth-order valence-electron chi connectivity index (χ4n) is 1.69. The lowest BCUT2D eigenvalue weighted by Gasteiger charge is -2.05. The molecule has 0 fully saturated rings. The SMILES string of the molecule is CCn1c(CO)nnc1-c1ccc(C#N)cc1. The number of benzene rings is 1. The van der Waals surface area contributed by atoms with E-state index in [4.69, 9.17) is 10.4 Å². The molecule has 1 N–H and O–H groups in total. The monoisotopic (exact) mass is 228 g/mol. The molecule has 2 rings (SSSR count). The second kappa shape index (κ2) is 4.76. The van der Waals surface area contributed by atoms with Gasteiger partial charge in [-0.25, -0.2) is 0 Å². The van der Waals surface area contributed by atoms with Gasteiger partial charge in [0, 0.05) is 12.1 Å². The van der Waals surface area contributed by atoms with Crippen LogP contribution in [0.25, 0.3) is 11.4 Å². The molecular weight excluding hydrogens is 216 g/mol. The van der Waals surface area contributed by atoms with Crippen LogP contribution in [-0.4, -0.2) is 19.9 Å². The fourth-order valence-corrected chi connectivity index (χ4v) is 1.69. The smallest absolute Gasteiger partial charge is 0.164 e. The van der Waals surface area contributed by atoms with E-state index in [9.17, 15) is 0 Å². The van der Waals surface area contributed by atoms with Crippen molar-refractivity contribution in [2.45, 2.75) is 20.1 Å². The van der Waals surface area contributed by atoms with Crippen LogP contribution in [-0.2, 0) is 13.2 Å². The van der Waals surface area contributed by atoms with Crippen molar-refractivity contribution in [3.8, 4) is 17.5 Å². The van der Waals surface area contributed by atoms with Crippen molar-refractivity contribution >= 4 is 0 Å². The lowest BCUT2D eigenvalue weighted by Crippen LogP contribution is -2.03. The summed E-state index contributed by atoms with van der Waals surface area (Å²) in [6, 6.07) is 9.20. The molecule has 1 aromatic carbocycles. The topological polar surface area (TPSA) is 74.7 Å². The summed E-state index contributed by atoms with van der Waals surface area (Å²) in [7, 11) is 0. The van der Waals surface area contributed by atoms with Gasteiger partial charge in [0.15, 0.2) is 11.6 Å². The van der Waals surface area contributed by atoms with E-state index in [1.165, 1.54) is 0 Å². The third-order valence-corrected chi connectivity index (χ3v) is 2.56. The molecule has 17 heavy (non-hydrogen) atoms. The highest BCUT2D eigenvalue weighted by Gasteiger charge is 2.11. The van der Waals surface area contributed by atoms with Crippen LogP contribution in [0.2, 0.25) is 0 Å². The van der Waals surface area contributed by atoms with E-state index in [2.05, 4.69) is 16.3 Å². The lowest BCUT2D eigenvalue weighted by molar-refractivity contribution is 0.265. The first kappa shape index (κ1) is 11.3. The minimum absolute atomic E-state index is 0.128. The van der Waals surface area contributed by atoms with Crippen LogP contribution in [0.15, 0.2) is 24.3 Å². The maximum absolute atomic E-state index is 9.13. The predicted molar refractivity (Wildman–Crippen MR) is 61.8 cm³/mol. The highest BCUT2D eigenvalue weighted by Crippen LogP contribution is 2.18. The molecule has 0 aliphatic heterocycles. The number of nitriles is 1. The molecule has 2 aromatic rings.